The van der Waals surface area contributed by atoms with Gasteiger partial charge in [-0.05, 0) is 47.5 Å². The Morgan fingerprint density at radius 2 is 1.90 bits per heavy atom. The molecular formula is C15H28N2O3. The first-order chi connectivity index (χ1) is 9.20. The van der Waals surface area contributed by atoms with Crippen molar-refractivity contribution >= 4 is 12.0 Å². The van der Waals surface area contributed by atoms with Gasteiger partial charge in [0.25, 0.3) is 0 Å². The number of carbonyl (C=O) groups excluding carboxylic acids is 2. The maximum atomic E-state index is 12.4. The summed E-state index contributed by atoms with van der Waals surface area (Å²) in [5.41, 5.74) is -0.553. The first-order valence-electron chi connectivity index (χ1n) is 7.50. The summed E-state index contributed by atoms with van der Waals surface area (Å²) in [6.45, 7) is 9.97. The molecule has 1 rings (SSSR count). The number of likely N-dealkylation sites (tertiary alicyclic amines) is 1. The van der Waals surface area contributed by atoms with Crippen LogP contribution in [0.4, 0.5) is 4.79 Å². The summed E-state index contributed by atoms with van der Waals surface area (Å²) < 4.78 is 5.18. The normalized spacial score (nSPS) is 21.9. The molecule has 2 unspecified atom stereocenters. The number of hydrogen-bond acceptors (Lipinski definition) is 3. The van der Waals surface area contributed by atoms with E-state index < -0.39 is 17.7 Å². The zero-order valence-electron chi connectivity index (χ0n) is 13.4. The van der Waals surface area contributed by atoms with E-state index in [1.807, 2.05) is 4.90 Å². The largest absolute Gasteiger partial charge is 0.444 e. The summed E-state index contributed by atoms with van der Waals surface area (Å²) >= 11 is 0. The summed E-state index contributed by atoms with van der Waals surface area (Å²) in [6.07, 6.45) is 3.86. The van der Waals surface area contributed by atoms with Gasteiger partial charge < -0.3 is 15.0 Å². The Morgan fingerprint density at radius 3 is 2.50 bits per heavy atom. The topological polar surface area (TPSA) is 58.6 Å². The molecule has 2 amide bonds. The van der Waals surface area contributed by atoms with E-state index in [-0.39, 0.29) is 11.9 Å². The molecule has 0 bridgehead atoms. The number of alkyl carbamates (subject to hydrolysis) is 1. The molecule has 1 fully saturated rings. The summed E-state index contributed by atoms with van der Waals surface area (Å²) in [7, 11) is 0. The van der Waals surface area contributed by atoms with Crippen LogP contribution >= 0.6 is 0 Å². The minimum Gasteiger partial charge on any atom is -0.444 e. The van der Waals surface area contributed by atoms with E-state index in [4.69, 9.17) is 4.74 Å². The van der Waals surface area contributed by atoms with Crippen molar-refractivity contribution in [1.82, 2.24) is 10.2 Å². The SMILES string of the molecule is CC(NC(=O)OC(C)(C)C)C(=O)N1CCCCCC1C. The summed E-state index contributed by atoms with van der Waals surface area (Å²) in [6, 6.07) is -0.307. The molecule has 0 radical (unpaired) electrons. The molecule has 0 aromatic rings. The molecule has 1 aliphatic heterocycles. The molecule has 2 atom stereocenters. The van der Waals surface area contributed by atoms with Gasteiger partial charge in [0.2, 0.25) is 5.91 Å². The smallest absolute Gasteiger partial charge is 0.408 e. The van der Waals surface area contributed by atoms with Gasteiger partial charge in [0, 0.05) is 12.6 Å². The van der Waals surface area contributed by atoms with Crippen molar-refractivity contribution in [3.05, 3.63) is 0 Å². The number of carbonyl (C=O) groups is 2. The van der Waals surface area contributed by atoms with Crippen LogP contribution in [-0.4, -0.2) is 41.1 Å². The zero-order valence-corrected chi connectivity index (χ0v) is 13.4. The molecule has 0 saturated carbocycles. The van der Waals surface area contributed by atoms with E-state index in [9.17, 15) is 9.59 Å². The highest BCUT2D eigenvalue weighted by molar-refractivity contribution is 5.85. The maximum Gasteiger partial charge on any atom is 0.408 e. The highest BCUT2D eigenvalue weighted by Gasteiger charge is 2.28. The van der Waals surface area contributed by atoms with Gasteiger partial charge in [0.15, 0.2) is 0 Å². The zero-order chi connectivity index (χ0) is 15.3. The van der Waals surface area contributed by atoms with Crippen molar-refractivity contribution in [2.24, 2.45) is 0 Å². The third-order valence-electron chi connectivity index (χ3n) is 3.44. The molecular weight excluding hydrogens is 256 g/mol. The first kappa shape index (κ1) is 16.8. The van der Waals surface area contributed by atoms with Gasteiger partial charge in [-0.1, -0.05) is 12.8 Å². The van der Waals surface area contributed by atoms with Gasteiger partial charge in [0.05, 0.1) is 0 Å². The fourth-order valence-corrected chi connectivity index (χ4v) is 2.40. The molecule has 0 aliphatic carbocycles. The van der Waals surface area contributed by atoms with Crippen LogP contribution in [0, 0.1) is 0 Å². The molecule has 5 nitrogen and oxygen atoms in total. The van der Waals surface area contributed by atoms with Crippen molar-refractivity contribution in [1.29, 1.82) is 0 Å². The molecule has 20 heavy (non-hydrogen) atoms. The van der Waals surface area contributed by atoms with Crippen LogP contribution in [0.15, 0.2) is 0 Å². The van der Waals surface area contributed by atoms with Crippen LogP contribution in [0.3, 0.4) is 0 Å². The van der Waals surface area contributed by atoms with Crippen LogP contribution in [0.1, 0.15) is 60.3 Å². The van der Waals surface area contributed by atoms with Gasteiger partial charge in [-0.15, -0.1) is 0 Å². The van der Waals surface area contributed by atoms with E-state index in [0.717, 1.165) is 19.4 Å². The second-order valence-electron chi connectivity index (χ2n) is 6.60. The Hall–Kier alpha value is -1.26. The monoisotopic (exact) mass is 284 g/mol. The molecule has 1 N–H and O–H groups in total. The van der Waals surface area contributed by atoms with Gasteiger partial charge >= 0.3 is 6.09 Å². The Morgan fingerprint density at radius 1 is 1.25 bits per heavy atom. The molecule has 0 aromatic carbocycles. The van der Waals surface area contributed by atoms with Gasteiger partial charge in [0.1, 0.15) is 11.6 Å². The number of amides is 2. The van der Waals surface area contributed by atoms with Gasteiger partial charge in [-0.3, -0.25) is 4.79 Å². The van der Waals surface area contributed by atoms with Crippen molar-refractivity contribution in [3.63, 3.8) is 0 Å². The fraction of sp³-hybridized carbons (Fsp3) is 0.867. The highest BCUT2D eigenvalue weighted by atomic mass is 16.6. The lowest BCUT2D eigenvalue weighted by atomic mass is 10.1. The standard InChI is InChI=1S/C15H28N2O3/c1-11-9-7-6-8-10-17(11)13(18)12(2)16-14(19)20-15(3,4)5/h11-12H,6-10H2,1-5H3,(H,16,19). The predicted octanol–water partition coefficient (Wildman–Crippen LogP) is 2.69. The first-order valence-corrected chi connectivity index (χ1v) is 7.50. The molecule has 1 saturated heterocycles. The number of nitrogens with one attached hydrogen (secondary N) is 1. The lowest BCUT2D eigenvalue weighted by molar-refractivity contribution is -0.135. The third-order valence-corrected chi connectivity index (χ3v) is 3.44. The summed E-state index contributed by atoms with van der Waals surface area (Å²) in [5, 5.41) is 2.62. The number of nitrogens with zero attached hydrogens (tertiary/aromatic N) is 1. The van der Waals surface area contributed by atoms with Crippen LogP contribution in [-0.2, 0) is 9.53 Å². The second kappa shape index (κ2) is 6.95. The Balaban J connectivity index is 2.55. The molecule has 5 heteroatoms. The van der Waals surface area contributed by atoms with Crippen LogP contribution < -0.4 is 5.32 Å². The van der Waals surface area contributed by atoms with Crippen LogP contribution in [0.2, 0.25) is 0 Å². The Bertz CT molecular complexity index is 350. The Labute approximate surface area is 122 Å². The van der Waals surface area contributed by atoms with E-state index in [1.165, 1.54) is 12.8 Å². The molecule has 0 aromatic heterocycles. The summed E-state index contributed by atoms with van der Waals surface area (Å²) in [5.74, 6) is -0.0229. The van der Waals surface area contributed by atoms with Crippen LogP contribution in [0.25, 0.3) is 0 Å². The van der Waals surface area contributed by atoms with Crippen molar-refractivity contribution in [2.75, 3.05) is 6.54 Å². The molecule has 0 spiro atoms. The lowest BCUT2D eigenvalue weighted by Gasteiger charge is -2.30. The molecule has 1 aliphatic rings. The number of hydrogen-bond donors (Lipinski definition) is 1. The highest BCUT2D eigenvalue weighted by Crippen LogP contribution is 2.17. The number of rotatable bonds is 2. The second-order valence-corrected chi connectivity index (χ2v) is 6.60. The van der Waals surface area contributed by atoms with E-state index in [1.54, 1.807) is 27.7 Å². The van der Waals surface area contributed by atoms with E-state index >= 15 is 0 Å². The van der Waals surface area contributed by atoms with Crippen molar-refractivity contribution < 1.29 is 14.3 Å². The van der Waals surface area contributed by atoms with E-state index in [2.05, 4.69) is 12.2 Å². The lowest BCUT2D eigenvalue weighted by Crippen LogP contribution is -2.50. The fourth-order valence-electron chi connectivity index (χ4n) is 2.40. The van der Waals surface area contributed by atoms with E-state index in [0.29, 0.717) is 0 Å². The minimum atomic E-state index is -0.553. The molecule has 1 heterocycles. The maximum absolute atomic E-state index is 12.4. The predicted molar refractivity (Wildman–Crippen MR) is 78.5 cm³/mol. The van der Waals surface area contributed by atoms with Crippen molar-refractivity contribution in [3.8, 4) is 0 Å². The number of ether oxygens (including phenoxy) is 1. The summed E-state index contributed by atoms with van der Waals surface area (Å²) in [4.78, 5) is 26.0. The average Bonchev–Trinajstić information content (AvgIpc) is 2.50. The average molecular weight is 284 g/mol. The molecule has 116 valence electrons. The minimum absolute atomic E-state index is 0.0229. The van der Waals surface area contributed by atoms with Crippen LogP contribution in [0.5, 0.6) is 0 Å². The Kier molecular flexibility index (Phi) is 5.84. The third kappa shape index (κ3) is 5.39. The quantitative estimate of drug-likeness (QED) is 0.848. The van der Waals surface area contributed by atoms with Gasteiger partial charge in [-0.25, -0.2) is 4.79 Å². The van der Waals surface area contributed by atoms with Gasteiger partial charge in [-0.2, -0.15) is 0 Å². The van der Waals surface area contributed by atoms with Crippen molar-refractivity contribution in [2.45, 2.75) is 78.0 Å².